The number of terminal acetylenes is 1. The molecule has 0 aliphatic rings. The second kappa shape index (κ2) is 5.41. The molecule has 1 aromatic carbocycles. The lowest BCUT2D eigenvalue weighted by atomic mass is 10.2. The molecule has 0 unspecified atom stereocenters. The van der Waals surface area contributed by atoms with Crippen LogP contribution in [-0.2, 0) is 4.79 Å². The minimum absolute atomic E-state index is 0.109. The van der Waals surface area contributed by atoms with E-state index in [2.05, 4.69) is 16.2 Å². The highest BCUT2D eigenvalue weighted by atomic mass is 16.1. The van der Waals surface area contributed by atoms with E-state index in [1.807, 2.05) is 0 Å². The van der Waals surface area contributed by atoms with E-state index in [0.29, 0.717) is 11.3 Å². The van der Waals surface area contributed by atoms with Crippen molar-refractivity contribution in [3.05, 3.63) is 29.8 Å². The van der Waals surface area contributed by atoms with E-state index in [1.165, 1.54) is 0 Å². The number of hydrogen-bond acceptors (Lipinski definition) is 2. The van der Waals surface area contributed by atoms with Crippen LogP contribution >= 0.6 is 0 Å². The molecule has 0 heterocycles. The average molecular weight is 216 g/mol. The van der Waals surface area contributed by atoms with Crippen molar-refractivity contribution in [2.24, 2.45) is 16.5 Å². The highest BCUT2D eigenvalue weighted by Gasteiger charge is 2.01. The first-order valence-electron chi connectivity index (χ1n) is 4.53. The Morgan fingerprint density at radius 1 is 1.50 bits per heavy atom. The number of nitrogens with zero attached hydrogens (tertiary/aromatic N) is 1. The Morgan fingerprint density at radius 2 is 2.25 bits per heavy atom. The molecule has 82 valence electrons. The number of hydrogen-bond donors (Lipinski definition) is 3. The summed E-state index contributed by atoms with van der Waals surface area (Å²) in [6, 6.07) is 6.94. The predicted molar refractivity (Wildman–Crippen MR) is 63.7 cm³/mol. The van der Waals surface area contributed by atoms with Crippen LogP contribution in [0.4, 0.5) is 5.69 Å². The maximum absolute atomic E-state index is 11.3. The highest BCUT2D eigenvalue weighted by molar-refractivity contribution is 5.93. The van der Waals surface area contributed by atoms with Gasteiger partial charge in [-0.1, -0.05) is 12.0 Å². The smallest absolute Gasteiger partial charge is 0.246 e. The van der Waals surface area contributed by atoms with Crippen molar-refractivity contribution in [2.75, 3.05) is 11.9 Å². The number of benzene rings is 1. The molecule has 5 N–H and O–H groups in total. The van der Waals surface area contributed by atoms with Crippen LogP contribution in [0, 0.1) is 12.3 Å². The molecule has 1 rings (SSSR count). The van der Waals surface area contributed by atoms with Gasteiger partial charge in [0.1, 0.15) is 6.54 Å². The van der Waals surface area contributed by atoms with Crippen molar-refractivity contribution in [3.63, 3.8) is 0 Å². The van der Waals surface area contributed by atoms with Crippen LogP contribution in [0.3, 0.4) is 0 Å². The summed E-state index contributed by atoms with van der Waals surface area (Å²) in [5.74, 6) is 2.05. The van der Waals surface area contributed by atoms with Crippen molar-refractivity contribution < 1.29 is 4.79 Å². The number of carbonyl (C=O) groups is 1. The average Bonchev–Trinajstić information content (AvgIpc) is 2.26. The minimum atomic E-state index is -0.303. The van der Waals surface area contributed by atoms with Crippen molar-refractivity contribution in [2.45, 2.75) is 0 Å². The zero-order valence-electron chi connectivity index (χ0n) is 8.60. The van der Waals surface area contributed by atoms with E-state index >= 15 is 0 Å². The van der Waals surface area contributed by atoms with Gasteiger partial charge in [-0.15, -0.1) is 6.42 Å². The van der Waals surface area contributed by atoms with Crippen LogP contribution in [0.15, 0.2) is 29.3 Å². The Labute approximate surface area is 93.5 Å². The second-order valence-electron chi connectivity index (χ2n) is 3.01. The monoisotopic (exact) mass is 216 g/mol. The van der Waals surface area contributed by atoms with Gasteiger partial charge >= 0.3 is 0 Å². The number of guanidine groups is 1. The zero-order chi connectivity index (χ0) is 12.0. The first-order chi connectivity index (χ1) is 7.61. The van der Waals surface area contributed by atoms with Gasteiger partial charge in [-0.3, -0.25) is 4.79 Å². The maximum Gasteiger partial charge on any atom is 0.246 e. The molecule has 1 aromatic rings. The van der Waals surface area contributed by atoms with E-state index in [-0.39, 0.29) is 18.4 Å². The summed E-state index contributed by atoms with van der Waals surface area (Å²) in [6.45, 7) is -0.109. The van der Waals surface area contributed by atoms with Crippen LogP contribution in [0.1, 0.15) is 5.56 Å². The third kappa shape index (κ3) is 3.72. The molecule has 0 atom stereocenters. The van der Waals surface area contributed by atoms with Crippen molar-refractivity contribution in [1.82, 2.24) is 0 Å². The molecule has 5 heteroatoms. The first kappa shape index (κ1) is 11.6. The van der Waals surface area contributed by atoms with Gasteiger partial charge in [0.05, 0.1) is 0 Å². The molecule has 0 saturated heterocycles. The summed E-state index contributed by atoms with van der Waals surface area (Å²) in [4.78, 5) is 14.9. The standard InChI is InChI=1S/C11H12N4O/c1-2-8-4-3-5-9(6-8)15-10(16)7-14-11(12)13/h1,3-6H,7H2,(H,15,16)(H4,12,13,14). The van der Waals surface area contributed by atoms with Gasteiger partial charge in [0.15, 0.2) is 5.96 Å². The molecule has 0 spiro atoms. The predicted octanol–water partition coefficient (Wildman–Crippen LogP) is -0.120. The molecule has 1 amide bonds. The topological polar surface area (TPSA) is 93.5 Å². The fraction of sp³-hybridized carbons (Fsp3) is 0.0909. The summed E-state index contributed by atoms with van der Waals surface area (Å²) in [6.07, 6.45) is 5.23. The number of aliphatic imine (C=N–C) groups is 1. The van der Waals surface area contributed by atoms with Crippen LogP contribution in [0.5, 0.6) is 0 Å². The van der Waals surface area contributed by atoms with Crippen LogP contribution in [0.2, 0.25) is 0 Å². The summed E-state index contributed by atoms with van der Waals surface area (Å²) >= 11 is 0. The number of amides is 1. The van der Waals surface area contributed by atoms with Gasteiger partial charge in [0.2, 0.25) is 5.91 Å². The normalized spacial score (nSPS) is 8.94. The molecule has 0 saturated carbocycles. The lowest BCUT2D eigenvalue weighted by Gasteiger charge is -2.03. The SMILES string of the molecule is C#Cc1cccc(NC(=O)CN=C(N)N)c1. The Morgan fingerprint density at radius 3 is 2.88 bits per heavy atom. The van der Waals surface area contributed by atoms with E-state index in [4.69, 9.17) is 17.9 Å². The largest absolute Gasteiger partial charge is 0.370 e. The summed E-state index contributed by atoms with van der Waals surface area (Å²) in [5, 5.41) is 2.62. The minimum Gasteiger partial charge on any atom is -0.370 e. The third-order valence-electron chi connectivity index (χ3n) is 1.72. The van der Waals surface area contributed by atoms with Crippen LogP contribution in [-0.4, -0.2) is 18.4 Å². The number of nitrogens with two attached hydrogens (primary N) is 2. The second-order valence-corrected chi connectivity index (χ2v) is 3.01. The van der Waals surface area contributed by atoms with Crippen molar-refractivity contribution >= 4 is 17.6 Å². The van der Waals surface area contributed by atoms with Crippen LogP contribution < -0.4 is 16.8 Å². The lowest BCUT2D eigenvalue weighted by Crippen LogP contribution is -2.25. The summed E-state index contributed by atoms with van der Waals surface area (Å²) < 4.78 is 0. The number of carbonyl (C=O) groups excluding carboxylic acids is 1. The van der Waals surface area contributed by atoms with Gasteiger partial charge in [0.25, 0.3) is 0 Å². The Bertz CT molecular complexity index is 455. The Kier molecular flexibility index (Phi) is 3.92. The molecule has 0 aliphatic carbocycles. The number of nitrogens with one attached hydrogen (secondary N) is 1. The van der Waals surface area contributed by atoms with E-state index in [1.54, 1.807) is 24.3 Å². The quantitative estimate of drug-likeness (QED) is 0.373. The lowest BCUT2D eigenvalue weighted by molar-refractivity contribution is -0.114. The van der Waals surface area contributed by atoms with E-state index in [9.17, 15) is 4.79 Å². The van der Waals surface area contributed by atoms with E-state index < -0.39 is 0 Å². The Hall–Kier alpha value is -2.48. The Balaban J connectivity index is 2.63. The molecule has 0 fully saturated rings. The molecular formula is C11H12N4O. The van der Waals surface area contributed by atoms with E-state index in [0.717, 1.165) is 0 Å². The fourth-order valence-electron chi connectivity index (χ4n) is 1.05. The fourth-order valence-corrected chi connectivity index (χ4v) is 1.05. The molecule has 0 aromatic heterocycles. The van der Waals surface area contributed by atoms with Gasteiger partial charge in [-0.05, 0) is 18.2 Å². The van der Waals surface area contributed by atoms with Gasteiger partial charge in [-0.25, -0.2) is 4.99 Å². The zero-order valence-corrected chi connectivity index (χ0v) is 8.60. The van der Waals surface area contributed by atoms with Crippen LogP contribution in [0.25, 0.3) is 0 Å². The highest BCUT2D eigenvalue weighted by Crippen LogP contribution is 2.09. The number of anilines is 1. The molecule has 0 radical (unpaired) electrons. The van der Waals surface area contributed by atoms with Gasteiger partial charge in [-0.2, -0.15) is 0 Å². The molecule has 0 aliphatic heterocycles. The maximum atomic E-state index is 11.3. The molecule has 0 bridgehead atoms. The third-order valence-corrected chi connectivity index (χ3v) is 1.72. The van der Waals surface area contributed by atoms with Gasteiger partial charge in [0, 0.05) is 11.3 Å². The van der Waals surface area contributed by atoms with Crippen molar-refractivity contribution in [1.29, 1.82) is 0 Å². The number of rotatable bonds is 3. The summed E-state index contributed by atoms with van der Waals surface area (Å²) in [7, 11) is 0. The molecular weight excluding hydrogens is 204 g/mol. The molecule has 16 heavy (non-hydrogen) atoms. The summed E-state index contributed by atoms with van der Waals surface area (Å²) in [5.41, 5.74) is 11.5. The van der Waals surface area contributed by atoms with Crippen molar-refractivity contribution in [3.8, 4) is 12.3 Å². The van der Waals surface area contributed by atoms with Gasteiger partial charge < -0.3 is 16.8 Å². The molecule has 5 nitrogen and oxygen atoms in total. The first-order valence-corrected chi connectivity index (χ1v) is 4.53.